The second-order valence-corrected chi connectivity index (χ2v) is 6.48. The van der Waals surface area contributed by atoms with Crippen LogP contribution in [-0.2, 0) is 4.79 Å². The number of nitrogens with one attached hydrogen (secondary N) is 2. The van der Waals surface area contributed by atoms with Crippen LogP contribution in [0.4, 0.5) is 5.69 Å². The van der Waals surface area contributed by atoms with Gasteiger partial charge < -0.3 is 11.1 Å². The molecule has 0 radical (unpaired) electrons. The van der Waals surface area contributed by atoms with Crippen LogP contribution in [0.1, 0.15) is 22.8 Å². The molecule has 0 atom stereocenters. The average molecular weight is 387 g/mol. The van der Waals surface area contributed by atoms with Gasteiger partial charge in [-0.1, -0.05) is 12.1 Å². The van der Waals surface area contributed by atoms with Crippen molar-refractivity contribution < 1.29 is 9.59 Å². The molecule has 2 heterocycles. The number of aromatic nitrogens is 3. The van der Waals surface area contributed by atoms with Crippen LogP contribution in [0.25, 0.3) is 22.2 Å². The van der Waals surface area contributed by atoms with Gasteiger partial charge >= 0.3 is 0 Å². The van der Waals surface area contributed by atoms with E-state index in [0.717, 1.165) is 16.5 Å². The van der Waals surface area contributed by atoms with Crippen LogP contribution in [0.15, 0.2) is 67.0 Å². The van der Waals surface area contributed by atoms with Crippen LogP contribution in [-0.4, -0.2) is 27.0 Å². The minimum absolute atomic E-state index is 0.139. The summed E-state index contributed by atoms with van der Waals surface area (Å²) in [7, 11) is 0. The molecule has 0 saturated carbocycles. The molecule has 0 unspecified atom stereocenters. The van der Waals surface area contributed by atoms with Gasteiger partial charge in [-0.2, -0.15) is 5.10 Å². The van der Waals surface area contributed by atoms with Crippen LogP contribution in [0.2, 0.25) is 0 Å². The standard InChI is InChI=1S/C16H14N4O2.C6H7N/c1-9(21)18-12-4-2-3-10(7-12)15-13-8-11(16(17)22)5-6-14(13)19-20-15;1-6-2-4-7-5-3-6/h2-8H,1H3,(H2,17,22)(H,18,21)(H,19,20);2-5H,1H3. The smallest absolute Gasteiger partial charge is 0.248 e. The summed E-state index contributed by atoms with van der Waals surface area (Å²) in [5.41, 5.74) is 10.0. The maximum absolute atomic E-state index is 11.3. The molecule has 4 N–H and O–H groups in total. The summed E-state index contributed by atoms with van der Waals surface area (Å²) in [6, 6.07) is 16.4. The average Bonchev–Trinajstić information content (AvgIpc) is 3.12. The molecule has 4 aromatic rings. The number of carbonyl (C=O) groups excluding carboxylic acids is 2. The molecular formula is C22H21N5O2. The molecule has 2 amide bonds. The summed E-state index contributed by atoms with van der Waals surface area (Å²) in [6.07, 6.45) is 3.57. The van der Waals surface area contributed by atoms with Crippen molar-refractivity contribution in [2.75, 3.05) is 5.32 Å². The molecule has 0 saturated heterocycles. The first-order valence-corrected chi connectivity index (χ1v) is 8.96. The summed E-state index contributed by atoms with van der Waals surface area (Å²) in [6.45, 7) is 3.50. The summed E-state index contributed by atoms with van der Waals surface area (Å²) in [4.78, 5) is 26.3. The van der Waals surface area contributed by atoms with Gasteiger partial charge in [0.05, 0.1) is 11.2 Å². The zero-order chi connectivity index (χ0) is 20.8. The Morgan fingerprint density at radius 2 is 1.79 bits per heavy atom. The molecule has 29 heavy (non-hydrogen) atoms. The van der Waals surface area contributed by atoms with Gasteiger partial charge in [0, 0.05) is 41.5 Å². The number of anilines is 1. The normalized spacial score (nSPS) is 10.1. The zero-order valence-electron chi connectivity index (χ0n) is 16.1. The number of H-pyrrole nitrogens is 1. The van der Waals surface area contributed by atoms with E-state index in [-0.39, 0.29) is 5.91 Å². The number of hydrogen-bond acceptors (Lipinski definition) is 4. The fourth-order valence-corrected chi connectivity index (χ4v) is 2.76. The molecule has 2 aromatic carbocycles. The number of amides is 2. The van der Waals surface area contributed by atoms with Gasteiger partial charge in [0.2, 0.25) is 11.8 Å². The number of aryl methyl sites for hydroxylation is 1. The van der Waals surface area contributed by atoms with E-state index in [4.69, 9.17) is 5.73 Å². The highest BCUT2D eigenvalue weighted by Crippen LogP contribution is 2.28. The highest BCUT2D eigenvalue weighted by molar-refractivity contribution is 6.01. The second-order valence-electron chi connectivity index (χ2n) is 6.48. The number of fused-ring (bicyclic) bond motifs is 1. The number of hydrogen-bond donors (Lipinski definition) is 3. The molecule has 146 valence electrons. The van der Waals surface area contributed by atoms with Crippen LogP contribution < -0.4 is 11.1 Å². The maximum atomic E-state index is 11.3. The Morgan fingerprint density at radius 1 is 1.03 bits per heavy atom. The van der Waals surface area contributed by atoms with Crippen molar-refractivity contribution in [2.45, 2.75) is 13.8 Å². The van der Waals surface area contributed by atoms with Crippen LogP contribution in [0.5, 0.6) is 0 Å². The van der Waals surface area contributed by atoms with Crippen molar-refractivity contribution >= 4 is 28.4 Å². The molecule has 0 fully saturated rings. The third kappa shape index (κ3) is 5.04. The number of pyridine rings is 1. The summed E-state index contributed by atoms with van der Waals surface area (Å²) < 4.78 is 0. The molecular weight excluding hydrogens is 366 g/mol. The molecule has 0 spiro atoms. The lowest BCUT2D eigenvalue weighted by Crippen LogP contribution is -2.10. The minimum Gasteiger partial charge on any atom is -0.366 e. The number of benzene rings is 2. The summed E-state index contributed by atoms with van der Waals surface area (Å²) >= 11 is 0. The second kappa shape index (κ2) is 8.79. The Kier molecular flexibility index (Phi) is 5.99. The monoisotopic (exact) mass is 387 g/mol. The van der Waals surface area contributed by atoms with E-state index in [2.05, 4.69) is 20.5 Å². The number of aromatic amines is 1. The van der Waals surface area contributed by atoms with Crippen molar-refractivity contribution in [1.82, 2.24) is 15.2 Å². The number of nitrogens with zero attached hydrogens (tertiary/aromatic N) is 2. The van der Waals surface area contributed by atoms with Crippen LogP contribution >= 0.6 is 0 Å². The van der Waals surface area contributed by atoms with E-state index in [1.54, 1.807) is 36.7 Å². The molecule has 0 aliphatic heterocycles. The van der Waals surface area contributed by atoms with Crippen LogP contribution in [0, 0.1) is 6.92 Å². The Bertz CT molecular complexity index is 1150. The van der Waals surface area contributed by atoms with E-state index >= 15 is 0 Å². The molecule has 0 aliphatic rings. The third-order valence-corrected chi connectivity index (χ3v) is 4.15. The van der Waals surface area contributed by atoms with Gasteiger partial charge in [0.15, 0.2) is 0 Å². The Labute approximate surface area is 168 Å². The quantitative estimate of drug-likeness (QED) is 0.497. The Morgan fingerprint density at radius 3 is 2.41 bits per heavy atom. The Balaban J connectivity index is 0.000000290. The van der Waals surface area contributed by atoms with Crippen LogP contribution in [0.3, 0.4) is 0 Å². The number of carbonyl (C=O) groups is 2. The lowest BCUT2D eigenvalue weighted by atomic mass is 10.0. The van der Waals surface area contributed by atoms with E-state index in [1.807, 2.05) is 37.3 Å². The van der Waals surface area contributed by atoms with E-state index < -0.39 is 5.91 Å². The highest BCUT2D eigenvalue weighted by Gasteiger charge is 2.11. The lowest BCUT2D eigenvalue weighted by Gasteiger charge is -2.04. The van der Waals surface area contributed by atoms with Crippen molar-refractivity contribution in [3.8, 4) is 11.3 Å². The van der Waals surface area contributed by atoms with Gasteiger partial charge in [-0.3, -0.25) is 19.7 Å². The summed E-state index contributed by atoms with van der Waals surface area (Å²) in [5, 5.41) is 10.8. The topological polar surface area (TPSA) is 114 Å². The van der Waals surface area contributed by atoms with Gasteiger partial charge in [-0.15, -0.1) is 0 Å². The highest BCUT2D eigenvalue weighted by atomic mass is 16.1. The number of rotatable bonds is 3. The van der Waals surface area contributed by atoms with Gasteiger partial charge in [-0.05, 0) is 55.0 Å². The number of nitrogens with two attached hydrogens (primary N) is 1. The predicted octanol–water partition coefficient (Wildman–Crippen LogP) is 3.68. The summed E-state index contributed by atoms with van der Waals surface area (Å²) in [5.74, 6) is -0.624. The van der Waals surface area contributed by atoms with Gasteiger partial charge in [0.25, 0.3) is 0 Å². The first-order chi connectivity index (χ1) is 13.9. The van der Waals surface area contributed by atoms with E-state index in [9.17, 15) is 9.59 Å². The Hall–Kier alpha value is -4.00. The van der Waals surface area contributed by atoms with Crippen molar-refractivity contribution in [3.05, 3.63) is 78.1 Å². The molecule has 2 aromatic heterocycles. The van der Waals surface area contributed by atoms with E-state index in [0.29, 0.717) is 16.9 Å². The molecule has 0 aliphatic carbocycles. The number of primary amides is 1. The van der Waals surface area contributed by atoms with Crippen molar-refractivity contribution in [2.24, 2.45) is 5.73 Å². The fraction of sp³-hybridized carbons (Fsp3) is 0.0909. The van der Waals surface area contributed by atoms with Gasteiger partial charge in [-0.25, -0.2) is 0 Å². The van der Waals surface area contributed by atoms with Gasteiger partial charge in [0.1, 0.15) is 0 Å². The molecule has 7 nitrogen and oxygen atoms in total. The third-order valence-electron chi connectivity index (χ3n) is 4.15. The maximum Gasteiger partial charge on any atom is 0.248 e. The lowest BCUT2D eigenvalue weighted by molar-refractivity contribution is -0.114. The SMILES string of the molecule is CC(=O)Nc1cccc(-c2n[nH]c3ccc(C(N)=O)cc23)c1.Cc1ccncc1. The zero-order valence-corrected chi connectivity index (χ0v) is 16.1. The minimum atomic E-state index is -0.485. The first kappa shape index (κ1) is 19.8. The largest absolute Gasteiger partial charge is 0.366 e. The fourth-order valence-electron chi connectivity index (χ4n) is 2.76. The van der Waals surface area contributed by atoms with Crippen molar-refractivity contribution in [1.29, 1.82) is 0 Å². The van der Waals surface area contributed by atoms with E-state index in [1.165, 1.54) is 12.5 Å². The van der Waals surface area contributed by atoms with Crippen molar-refractivity contribution in [3.63, 3.8) is 0 Å². The predicted molar refractivity (Wildman–Crippen MR) is 113 cm³/mol. The first-order valence-electron chi connectivity index (χ1n) is 8.96. The molecule has 0 bridgehead atoms. The molecule has 7 heteroatoms. The molecule has 4 rings (SSSR count).